The van der Waals surface area contributed by atoms with E-state index in [0.717, 1.165) is 43.3 Å². The molecule has 6 nitrogen and oxygen atoms in total. The lowest BCUT2D eigenvalue weighted by Crippen LogP contribution is -2.40. The van der Waals surface area contributed by atoms with Crippen LogP contribution in [0.25, 0.3) is 0 Å². The summed E-state index contributed by atoms with van der Waals surface area (Å²) in [6.45, 7) is 11.8. The highest BCUT2D eigenvalue weighted by atomic mass is 32.2. The number of nitrogens with zero attached hydrogens (tertiary/aromatic N) is 2. The molecule has 1 aliphatic rings. The van der Waals surface area contributed by atoms with E-state index in [1.165, 1.54) is 19.2 Å². The Labute approximate surface area is 158 Å². The van der Waals surface area contributed by atoms with Gasteiger partial charge in [-0.2, -0.15) is 0 Å². The van der Waals surface area contributed by atoms with E-state index in [0.29, 0.717) is 17.4 Å². The summed E-state index contributed by atoms with van der Waals surface area (Å²) >= 11 is 0. The second-order valence-electron chi connectivity index (χ2n) is 7.00. The monoisotopic (exact) mass is 380 g/mol. The zero-order valence-electron chi connectivity index (χ0n) is 16.4. The molecule has 2 rings (SSSR count). The van der Waals surface area contributed by atoms with E-state index in [2.05, 4.69) is 34.4 Å². The highest BCUT2D eigenvalue weighted by molar-refractivity contribution is 7.90. The zero-order valence-corrected chi connectivity index (χ0v) is 17.2. The lowest BCUT2D eigenvalue weighted by molar-refractivity contribution is 0.342. The van der Waals surface area contributed by atoms with Gasteiger partial charge in [-0.3, -0.25) is 0 Å². The van der Waals surface area contributed by atoms with E-state index < -0.39 is 9.84 Å². The first kappa shape index (κ1) is 20.7. The predicted molar refractivity (Wildman–Crippen MR) is 107 cm³/mol. The molecule has 1 atom stereocenters. The number of hydrogen-bond donors (Lipinski definition) is 2. The van der Waals surface area contributed by atoms with Crippen molar-refractivity contribution in [3.63, 3.8) is 0 Å². The normalized spacial score (nSPS) is 18.9. The van der Waals surface area contributed by atoms with Crippen LogP contribution in [0.2, 0.25) is 0 Å². The number of aliphatic imine (C=N–C) groups is 1. The quantitative estimate of drug-likeness (QED) is 0.557. The molecule has 1 unspecified atom stereocenters. The largest absolute Gasteiger partial charge is 0.357 e. The summed E-state index contributed by atoms with van der Waals surface area (Å²) in [6.07, 6.45) is 2.47. The number of sulfone groups is 1. The van der Waals surface area contributed by atoms with Crippen LogP contribution in [0.15, 0.2) is 28.1 Å². The third-order valence-corrected chi connectivity index (χ3v) is 6.04. The number of aryl methyl sites for hydroxylation is 1. The topological polar surface area (TPSA) is 73.8 Å². The van der Waals surface area contributed by atoms with Crippen LogP contribution < -0.4 is 10.6 Å². The molecule has 0 saturated carbocycles. The van der Waals surface area contributed by atoms with E-state index in [4.69, 9.17) is 0 Å². The van der Waals surface area contributed by atoms with Gasteiger partial charge in [0, 0.05) is 25.9 Å². The Bertz CT molecular complexity index is 731. The first-order chi connectivity index (χ1) is 12.3. The molecule has 0 bridgehead atoms. The molecular formula is C19H32N4O2S. The second kappa shape index (κ2) is 9.37. The fourth-order valence-corrected chi connectivity index (χ4v) is 4.30. The maximum Gasteiger partial charge on any atom is 0.191 e. The Morgan fingerprint density at radius 3 is 2.65 bits per heavy atom. The van der Waals surface area contributed by atoms with E-state index in [-0.39, 0.29) is 0 Å². The summed E-state index contributed by atoms with van der Waals surface area (Å²) in [4.78, 5) is 7.51. The standard InChI is InChI=1S/C19H32N4O2S/c1-5-20-19(22-13-17-9-10-23(6-2)14-17)21-12-16-7-8-18(15(3)11-16)26(4,24)25/h7-8,11,17H,5-6,9-10,12-14H2,1-4H3,(H2,20,21,22). The van der Waals surface area contributed by atoms with Gasteiger partial charge >= 0.3 is 0 Å². The van der Waals surface area contributed by atoms with Gasteiger partial charge in [-0.25, -0.2) is 13.4 Å². The summed E-state index contributed by atoms with van der Waals surface area (Å²) < 4.78 is 23.4. The Balaban J connectivity index is 1.97. The van der Waals surface area contributed by atoms with Crippen LogP contribution in [0.3, 0.4) is 0 Å². The van der Waals surface area contributed by atoms with Crippen LogP contribution in [0.1, 0.15) is 31.4 Å². The van der Waals surface area contributed by atoms with Crippen LogP contribution >= 0.6 is 0 Å². The van der Waals surface area contributed by atoms with Gasteiger partial charge in [0.1, 0.15) is 0 Å². The van der Waals surface area contributed by atoms with Gasteiger partial charge in [-0.05, 0) is 56.5 Å². The zero-order chi connectivity index (χ0) is 19.2. The van der Waals surface area contributed by atoms with Crippen LogP contribution in [0.5, 0.6) is 0 Å². The summed E-state index contributed by atoms with van der Waals surface area (Å²) in [5.41, 5.74) is 1.77. The van der Waals surface area contributed by atoms with E-state index in [9.17, 15) is 8.42 Å². The molecular weight excluding hydrogens is 348 g/mol. The SMILES string of the molecule is CCNC(=NCc1ccc(S(C)(=O)=O)c(C)c1)NCC1CCN(CC)C1. The molecule has 7 heteroatoms. The van der Waals surface area contributed by atoms with Gasteiger partial charge in [-0.15, -0.1) is 0 Å². The average molecular weight is 381 g/mol. The lowest BCUT2D eigenvalue weighted by Gasteiger charge is -2.16. The average Bonchev–Trinajstić information content (AvgIpc) is 3.04. The highest BCUT2D eigenvalue weighted by Gasteiger charge is 2.21. The molecule has 1 aliphatic heterocycles. The Morgan fingerprint density at radius 1 is 1.31 bits per heavy atom. The van der Waals surface area contributed by atoms with Crippen molar-refractivity contribution in [3.05, 3.63) is 29.3 Å². The molecule has 0 aromatic heterocycles. The molecule has 0 amide bonds. The molecule has 1 heterocycles. The van der Waals surface area contributed by atoms with Gasteiger partial charge in [0.2, 0.25) is 0 Å². The first-order valence-electron chi connectivity index (χ1n) is 9.37. The molecule has 0 radical (unpaired) electrons. The van der Waals surface area contributed by atoms with Crippen molar-refractivity contribution in [2.45, 2.75) is 38.6 Å². The number of rotatable bonds is 7. The number of likely N-dealkylation sites (tertiary alicyclic amines) is 1. The summed E-state index contributed by atoms with van der Waals surface area (Å²) in [7, 11) is -3.18. The maximum absolute atomic E-state index is 11.7. The van der Waals surface area contributed by atoms with Crippen molar-refractivity contribution in [3.8, 4) is 0 Å². The van der Waals surface area contributed by atoms with Gasteiger partial charge in [-0.1, -0.05) is 19.1 Å². The number of hydrogen-bond acceptors (Lipinski definition) is 4. The third kappa shape index (κ3) is 5.99. The van der Waals surface area contributed by atoms with E-state index in [1.807, 2.05) is 19.1 Å². The van der Waals surface area contributed by atoms with Crippen molar-refractivity contribution < 1.29 is 8.42 Å². The van der Waals surface area contributed by atoms with Crippen LogP contribution in [0.4, 0.5) is 0 Å². The fourth-order valence-electron chi connectivity index (χ4n) is 3.35. The Morgan fingerprint density at radius 2 is 2.08 bits per heavy atom. The number of nitrogens with one attached hydrogen (secondary N) is 2. The van der Waals surface area contributed by atoms with Crippen molar-refractivity contribution in [2.24, 2.45) is 10.9 Å². The van der Waals surface area contributed by atoms with Gasteiger partial charge < -0.3 is 15.5 Å². The summed E-state index contributed by atoms with van der Waals surface area (Å²) in [6, 6.07) is 5.42. The van der Waals surface area contributed by atoms with Crippen molar-refractivity contribution in [2.75, 3.05) is 39.0 Å². The summed E-state index contributed by atoms with van der Waals surface area (Å²) in [5, 5.41) is 6.73. The fraction of sp³-hybridized carbons (Fsp3) is 0.632. The number of guanidine groups is 1. The number of benzene rings is 1. The molecule has 0 aliphatic carbocycles. The summed E-state index contributed by atoms with van der Waals surface area (Å²) in [5.74, 6) is 1.47. The van der Waals surface area contributed by atoms with Crippen LogP contribution in [-0.2, 0) is 16.4 Å². The van der Waals surface area contributed by atoms with Gasteiger partial charge in [0.15, 0.2) is 15.8 Å². The Kier molecular flexibility index (Phi) is 7.46. The lowest BCUT2D eigenvalue weighted by atomic mass is 10.1. The minimum Gasteiger partial charge on any atom is -0.357 e. The minimum atomic E-state index is -3.18. The molecule has 1 fully saturated rings. The van der Waals surface area contributed by atoms with E-state index in [1.54, 1.807) is 6.07 Å². The van der Waals surface area contributed by atoms with Crippen molar-refractivity contribution >= 4 is 15.8 Å². The predicted octanol–water partition coefficient (Wildman–Crippen LogP) is 1.80. The second-order valence-corrected chi connectivity index (χ2v) is 8.98. The minimum absolute atomic E-state index is 0.386. The third-order valence-electron chi connectivity index (χ3n) is 4.78. The highest BCUT2D eigenvalue weighted by Crippen LogP contribution is 2.17. The molecule has 0 spiro atoms. The van der Waals surface area contributed by atoms with Crippen LogP contribution in [-0.4, -0.2) is 58.3 Å². The molecule has 1 aromatic rings. The van der Waals surface area contributed by atoms with E-state index >= 15 is 0 Å². The molecule has 1 saturated heterocycles. The molecule has 1 aromatic carbocycles. The molecule has 26 heavy (non-hydrogen) atoms. The Hall–Kier alpha value is -1.60. The van der Waals surface area contributed by atoms with Crippen LogP contribution in [0, 0.1) is 12.8 Å². The molecule has 2 N–H and O–H groups in total. The first-order valence-corrected chi connectivity index (χ1v) is 11.3. The maximum atomic E-state index is 11.7. The van der Waals surface area contributed by atoms with Gasteiger partial charge in [0.25, 0.3) is 0 Å². The molecule has 146 valence electrons. The van der Waals surface area contributed by atoms with Crippen molar-refractivity contribution in [1.29, 1.82) is 0 Å². The smallest absolute Gasteiger partial charge is 0.191 e. The van der Waals surface area contributed by atoms with Gasteiger partial charge in [0.05, 0.1) is 11.4 Å². The van der Waals surface area contributed by atoms with Crippen molar-refractivity contribution in [1.82, 2.24) is 15.5 Å².